The Hall–Kier alpha value is -0.570. The molecule has 0 spiro atoms. The van der Waals surface area contributed by atoms with Crippen LogP contribution in [0.5, 0.6) is 0 Å². The van der Waals surface area contributed by atoms with E-state index < -0.39 is 0 Å². The Morgan fingerprint density at radius 2 is 1.88 bits per heavy atom. The van der Waals surface area contributed by atoms with Gasteiger partial charge in [0.1, 0.15) is 0 Å². The lowest BCUT2D eigenvalue weighted by Crippen LogP contribution is -2.48. The number of carbonyl (C=O) groups is 1. The van der Waals surface area contributed by atoms with Crippen LogP contribution in [0.15, 0.2) is 0 Å². The summed E-state index contributed by atoms with van der Waals surface area (Å²) in [5.74, 6) is 1.35. The molecule has 0 aromatic carbocycles. The van der Waals surface area contributed by atoms with Crippen LogP contribution in [0.3, 0.4) is 0 Å². The summed E-state index contributed by atoms with van der Waals surface area (Å²) in [6.45, 7) is 5.21. The molecule has 1 rings (SSSR count). The topological polar surface area (TPSA) is 32.3 Å². The minimum Gasteiger partial charge on any atom is -0.347 e. The molecule has 0 heterocycles. The van der Waals surface area contributed by atoms with Gasteiger partial charge >= 0.3 is 0 Å². The van der Waals surface area contributed by atoms with Crippen LogP contribution < -0.4 is 5.32 Å². The first-order chi connectivity index (χ1) is 7.52. The fourth-order valence-electron chi connectivity index (χ4n) is 2.39. The first kappa shape index (κ1) is 13.5. The van der Waals surface area contributed by atoms with Gasteiger partial charge in [0.05, 0.1) is 6.04 Å². The maximum absolute atomic E-state index is 12.0. The third-order valence-electron chi connectivity index (χ3n) is 3.47. The van der Waals surface area contributed by atoms with Gasteiger partial charge in [0.15, 0.2) is 0 Å². The van der Waals surface area contributed by atoms with Crippen molar-refractivity contribution in [2.75, 3.05) is 20.6 Å². The van der Waals surface area contributed by atoms with Crippen molar-refractivity contribution in [2.45, 2.75) is 45.6 Å². The maximum Gasteiger partial charge on any atom is 0.239 e. The predicted molar refractivity (Wildman–Crippen MR) is 67.3 cm³/mol. The molecule has 0 aromatic heterocycles. The van der Waals surface area contributed by atoms with Gasteiger partial charge in [-0.2, -0.15) is 0 Å². The lowest BCUT2D eigenvalue weighted by molar-refractivity contribution is -0.132. The van der Waals surface area contributed by atoms with Crippen LogP contribution in [0.25, 0.3) is 0 Å². The number of hydrogen-bond donors (Lipinski definition) is 1. The zero-order valence-corrected chi connectivity index (χ0v) is 11.1. The fourth-order valence-corrected chi connectivity index (χ4v) is 2.39. The molecule has 94 valence electrons. The fraction of sp³-hybridized carbons (Fsp3) is 0.923. The van der Waals surface area contributed by atoms with Gasteiger partial charge in [0.2, 0.25) is 5.91 Å². The van der Waals surface area contributed by atoms with Crippen LogP contribution in [0.1, 0.15) is 39.5 Å². The third kappa shape index (κ3) is 3.78. The van der Waals surface area contributed by atoms with Crippen molar-refractivity contribution in [2.24, 2.45) is 11.8 Å². The van der Waals surface area contributed by atoms with Crippen molar-refractivity contribution >= 4 is 5.91 Å². The van der Waals surface area contributed by atoms with Crippen molar-refractivity contribution in [1.29, 1.82) is 0 Å². The molecule has 0 saturated heterocycles. The minimum absolute atomic E-state index is 0.0180. The lowest BCUT2D eigenvalue weighted by atomic mass is 10.0. The number of carbonyl (C=O) groups excluding carboxylic acids is 1. The summed E-state index contributed by atoms with van der Waals surface area (Å²) in [6.07, 6.45) is 5.38. The number of hydrogen-bond acceptors (Lipinski definition) is 2. The van der Waals surface area contributed by atoms with E-state index in [2.05, 4.69) is 19.2 Å². The molecule has 1 amide bonds. The summed E-state index contributed by atoms with van der Waals surface area (Å²) in [5.41, 5.74) is 0. The molecule has 1 aliphatic rings. The van der Waals surface area contributed by atoms with Gasteiger partial charge in [0, 0.05) is 14.1 Å². The van der Waals surface area contributed by atoms with E-state index in [1.54, 1.807) is 4.90 Å². The molecule has 1 unspecified atom stereocenters. The lowest BCUT2D eigenvalue weighted by Gasteiger charge is -2.26. The highest BCUT2D eigenvalue weighted by Gasteiger charge is 2.24. The Labute approximate surface area is 99.6 Å². The van der Waals surface area contributed by atoms with E-state index in [1.165, 1.54) is 25.7 Å². The van der Waals surface area contributed by atoms with Crippen LogP contribution in [0.2, 0.25) is 0 Å². The van der Waals surface area contributed by atoms with E-state index >= 15 is 0 Å². The molecule has 1 saturated carbocycles. The molecule has 1 atom stereocenters. The molecular formula is C13H26N2O. The summed E-state index contributed by atoms with van der Waals surface area (Å²) < 4.78 is 0. The Morgan fingerprint density at radius 3 is 2.31 bits per heavy atom. The summed E-state index contributed by atoms with van der Waals surface area (Å²) in [5, 5.41) is 3.45. The molecule has 0 bridgehead atoms. The van der Waals surface area contributed by atoms with Gasteiger partial charge < -0.3 is 10.2 Å². The van der Waals surface area contributed by atoms with Crippen LogP contribution in [-0.2, 0) is 4.79 Å². The molecule has 3 nitrogen and oxygen atoms in total. The van der Waals surface area contributed by atoms with Gasteiger partial charge in [-0.25, -0.2) is 0 Å². The molecule has 0 aliphatic heterocycles. The summed E-state index contributed by atoms with van der Waals surface area (Å²) in [4.78, 5) is 13.6. The van der Waals surface area contributed by atoms with Crippen LogP contribution >= 0.6 is 0 Å². The zero-order chi connectivity index (χ0) is 12.1. The minimum atomic E-state index is -0.0180. The molecule has 0 radical (unpaired) electrons. The average molecular weight is 226 g/mol. The number of likely N-dealkylation sites (N-methyl/N-ethyl adjacent to an activating group) is 1. The first-order valence-corrected chi connectivity index (χ1v) is 6.47. The molecular weight excluding hydrogens is 200 g/mol. The highest BCUT2D eigenvalue weighted by Crippen LogP contribution is 2.24. The van der Waals surface area contributed by atoms with E-state index in [0.717, 1.165) is 12.5 Å². The van der Waals surface area contributed by atoms with E-state index in [1.807, 2.05) is 14.1 Å². The Bertz CT molecular complexity index is 220. The SMILES string of the molecule is CC(C)C(NCC1CCCC1)C(=O)N(C)C. The monoisotopic (exact) mass is 226 g/mol. The third-order valence-corrected chi connectivity index (χ3v) is 3.47. The largest absolute Gasteiger partial charge is 0.347 e. The summed E-state index contributed by atoms with van der Waals surface area (Å²) in [6, 6.07) is -0.0180. The van der Waals surface area contributed by atoms with Gasteiger partial charge in [-0.1, -0.05) is 26.7 Å². The first-order valence-electron chi connectivity index (χ1n) is 6.47. The highest BCUT2D eigenvalue weighted by atomic mass is 16.2. The van der Waals surface area contributed by atoms with Crippen molar-refractivity contribution < 1.29 is 4.79 Å². The van der Waals surface area contributed by atoms with Gasteiger partial charge in [-0.15, -0.1) is 0 Å². The normalized spacial score (nSPS) is 19.1. The molecule has 3 heteroatoms. The molecule has 0 aromatic rings. The second-order valence-electron chi connectivity index (χ2n) is 5.51. The number of nitrogens with zero attached hydrogens (tertiary/aromatic N) is 1. The summed E-state index contributed by atoms with van der Waals surface area (Å²) in [7, 11) is 3.66. The number of amides is 1. The van der Waals surface area contributed by atoms with Crippen LogP contribution in [-0.4, -0.2) is 37.5 Å². The average Bonchev–Trinajstić information content (AvgIpc) is 2.69. The number of rotatable bonds is 5. The summed E-state index contributed by atoms with van der Waals surface area (Å²) >= 11 is 0. The Balaban J connectivity index is 2.41. The van der Waals surface area contributed by atoms with E-state index in [-0.39, 0.29) is 11.9 Å². The quantitative estimate of drug-likeness (QED) is 0.776. The van der Waals surface area contributed by atoms with Gasteiger partial charge in [-0.05, 0) is 31.2 Å². The van der Waals surface area contributed by atoms with Gasteiger partial charge in [0.25, 0.3) is 0 Å². The number of nitrogens with one attached hydrogen (secondary N) is 1. The Morgan fingerprint density at radius 1 is 1.31 bits per heavy atom. The zero-order valence-electron chi connectivity index (χ0n) is 11.1. The van der Waals surface area contributed by atoms with Crippen molar-refractivity contribution in [3.05, 3.63) is 0 Å². The van der Waals surface area contributed by atoms with Crippen molar-refractivity contribution in [1.82, 2.24) is 10.2 Å². The second-order valence-corrected chi connectivity index (χ2v) is 5.51. The predicted octanol–water partition coefficient (Wildman–Crippen LogP) is 1.88. The van der Waals surface area contributed by atoms with Crippen molar-refractivity contribution in [3.8, 4) is 0 Å². The molecule has 1 aliphatic carbocycles. The molecule has 16 heavy (non-hydrogen) atoms. The smallest absolute Gasteiger partial charge is 0.239 e. The van der Waals surface area contributed by atoms with Crippen LogP contribution in [0.4, 0.5) is 0 Å². The van der Waals surface area contributed by atoms with E-state index in [9.17, 15) is 4.79 Å². The maximum atomic E-state index is 12.0. The van der Waals surface area contributed by atoms with Crippen LogP contribution in [0, 0.1) is 11.8 Å². The second kappa shape index (κ2) is 6.24. The van der Waals surface area contributed by atoms with E-state index in [0.29, 0.717) is 5.92 Å². The molecule has 1 fully saturated rings. The van der Waals surface area contributed by atoms with E-state index in [4.69, 9.17) is 0 Å². The van der Waals surface area contributed by atoms with Crippen molar-refractivity contribution in [3.63, 3.8) is 0 Å². The van der Waals surface area contributed by atoms with Gasteiger partial charge in [-0.3, -0.25) is 4.79 Å². The highest BCUT2D eigenvalue weighted by molar-refractivity contribution is 5.81. The standard InChI is InChI=1S/C13H26N2O/c1-10(2)12(13(16)15(3)4)14-9-11-7-5-6-8-11/h10-12,14H,5-9H2,1-4H3. The Kier molecular flexibility index (Phi) is 5.26. The molecule has 1 N–H and O–H groups in total.